The molecule has 1 amide bonds. The topological polar surface area (TPSA) is 51.7 Å². The number of benzene rings is 1. The third kappa shape index (κ3) is 5.79. The Morgan fingerprint density at radius 3 is 2.61 bits per heavy atom. The Morgan fingerprint density at radius 1 is 1.21 bits per heavy atom. The Labute approximate surface area is 171 Å². The summed E-state index contributed by atoms with van der Waals surface area (Å²) >= 11 is 1.58. The lowest BCUT2D eigenvalue weighted by Gasteiger charge is -2.24. The van der Waals surface area contributed by atoms with Crippen LogP contribution in [0.3, 0.4) is 0 Å². The second-order valence-corrected chi connectivity index (χ2v) is 8.52. The molecule has 0 atom stereocenters. The van der Waals surface area contributed by atoms with Gasteiger partial charge in [0.2, 0.25) is 5.91 Å². The van der Waals surface area contributed by atoms with E-state index in [9.17, 15) is 4.79 Å². The number of rotatable bonds is 9. The highest BCUT2D eigenvalue weighted by Gasteiger charge is 2.27. The van der Waals surface area contributed by atoms with E-state index in [0.717, 1.165) is 42.1 Å². The van der Waals surface area contributed by atoms with E-state index in [1.54, 1.807) is 18.4 Å². The van der Waals surface area contributed by atoms with Gasteiger partial charge in [0.15, 0.2) is 0 Å². The van der Waals surface area contributed by atoms with Crippen molar-refractivity contribution in [2.24, 2.45) is 5.92 Å². The van der Waals surface area contributed by atoms with Crippen LogP contribution in [0.2, 0.25) is 0 Å². The number of methoxy groups -OCH3 is 1. The smallest absolute Gasteiger partial charge is 0.226 e. The molecule has 2 aromatic rings. The average Bonchev–Trinajstić information content (AvgIpc) is 3.34. The predicted octanol–water partition coefficient (Wildman–Crippen LogP) is 4.50. The Balaban J connectivity index is 1.59. The van der Waals surface area contributed by atoms with Gasteiger partial charge in [0.25, 0.3) is 0 Å². The first-order chi connectivity index (χ1) is 13.5. The minimum absolute atomic E-state index is 0.169. The van der Waals surface area contributed by atoms with Gasteiger partial charge in [0, 0.05) is 25.0 Å². The number of hydrogen-bond acceptors (Lipinski definition) is 5. The third-order valence-electron chi connectivity index (χ3n) is 5.09. The first kappa shape index (κ1) is 20.8. The van der Waals surface area contributed by atoms with Crippen molar-refractivity contribution in [3.8, 4) is 5.75 Å². The Hall–Kier alpha value is -1.92. The number of nitrogens with zero attached hydrogens (tertiary/aromatic N) is 2. The summed E-state index contributed by atoms with van der Waals surface area (Å²) in [5.41, 5.74) is 3.30. The van der Waals surface area contributed by atoms with Crippen molar-refractivity contribution in [1.29, 1.82) is 0 Å². The zero-order valence-electron chi connectivity index (χ0n) is 17.1. The van der Waals surface area contributed by atoms with Crippen LogP contribution in [0.25, 0.3) is 0 Å². The summed E-state index contributed by atoms with van der Waals surface area (Å²) in [6.07, 6.45) is 4.33. The number of hydrogen-bond donors (Lipinski definition) is 0. The quantitative estimate of drug-likeness (QED) is 0.619. The highest BCUT2D eigenvalue weighted by molar-refractivity contribution is 7.09. The van der Waals surface area contributed by atoms with Gasteiger partial charge in [-0.1, -0.05) is 18.9 Å². The molecule has 1 aliphatic carbocycles. The molecule has 1 aromatic heterocycles. The van der Waals surface area contributed by atoms with Gasteiger partial charge in [-0.25, -0.2) is 4.98 Å². The monoisotopic (exact) mass is 402 g/mol. The number of thiazole rings is 1. The molecule has 0 unspecified atom stereocenters. The Morgan fingerprint density at radius 2 is 1.93 bits per heavy atom. The van der Waals surface area contributed by atoms with E-state index in [4.69, 9.17) is 9.47 Å². The lowest BCUT2D eigenvalue weighted by atomic mass is 10.1. The van der Waals surface area contributed by atoms with Crippen molar-refractivity contribution in [3.63, 3.8) is 0 Å². The number of aromatic nitrogens is 1. The first-order valence-corrected chi connectivity index (χ1v) is 10.8. The molecule has 1 aliphatic rings. The summed E-state index contributed by atoms with van der Waals surface area (Å²) in [5.74, 6) is 1.28. The molecule has 0 N–H and O–H groups in total. The molecule has 1 fully saturated rings. The maximum Gasteiger partial charge on any atom is 0.226 e. The van der Waals surface area contributed by atoms with Crippen LogP contribution in [0.4, 0.5) is 0 Å². The summed E-state index contributed by atoms with van der Waals surface area (Å²) < 4.78 is 11.1. The summed E-state index contributed by atoms with van der Waals surface area (Å²) in [5, 5.41) is 2.95. The van der Waals surface area contributed by atoms with E-state index in [1.807, 2.05) is 22.4 Å². The molecule has 1 heterocycles. The molecule has 0 saturated heterocycles. The van der Waals surface area contributed by atoms with Gasteiger partial charge in [-0.05, 0) is 49.9 Å². The molecular formula is C22H30N2O3S. The Bertz CT molecular complexity index is 764. The fraction of sp³-hybridized carbons (Fsp3) is 0.545. The largest absolute Gasteiger partial charge is 0.486 e. The maximum absolute atomic E-state index is 12.9. The fourth-order valence-corrected chi connectivity index (χ4v) is 4.44. The van der Waals surface area contributed by atoms with Gasteiger partial charge < -0.3 is 14.4 Å². The van der Waals surface area contributed by atoms with E-state index in [1.165, 1.54) is 11.1 Å². The highest BCUT2D eigenvalue weighted by atomic mass is 32.1. The van der Waals surface area contributed by atoms with E-state index in [-0.39, 0.29) is 11.8 Å². The van der Waals surface area contributed by atoms with Gasteiger partial charge >= 0.3 is 0 Å². The molecular weight excluding hydrogens is 372 g/mol. The molecule has 0 radical (unpaired) electrons. The maximum atomic E-state index is 12.9. The molecule has 152 valence electrons. The van der Waals surface area contributed by atoms with Gasteiger partial charge in [0.05, 0.1) is 18.8 Å². The normalized spacial score (nSPS) is 14.4. The summed E-state index contributed by atoms with van der Waals surface area (Å²) in [7, 11) is 1.67. The standard InChI is InChI=1S/C22H30N2O3S/c1-16-10-17(2)12-20(11-16)27-14-21-23-19(15-28-21)13-24(8-9-26-3)22(25)18-6-4-5-7-18/h10-12,15,18H,4-9,13-14H2,1-3H3. The van der Waals surface area contributed by atoms with E-state index >= 15 is 0 Å². The van der Waals surface area contributed by atoms with Crippen LogP contribution in [0.1, 0.15) is 47.5 Å². The first-order valence-electron chi connectivity index (χ1n) is 9.97. The van der Waals surface area contributed by atoms with Crippen LogP contribution in [0.15, 0.2) is 23.6 Å². The second-order valence-electron chi connectivity index (χ2n) is 7.58. The second kappa shape index (κ2) is 10.0. The van der Waals surface area contributed by atoms with E-state index in [2.05, 4.69) is 24.9 Å². The number of aryl methyl sites for hydroxylation is 2. The minimum Gasteiger partial charge on any atom is -0.486 e. The molecule has 0 aliphatic heterocycles. The fourth-order valence-electron chi connectivity index (χ4n) is 3.74. The minimum atomic E-state index is 0.169. The highest BCUT2D eigenvalue weighted by Crippen LogP contribution is 2.27. The molecule has 5 nitrogen and oxygen atoms in total. The van der Waals surface area contributed by atoms with Gasteiger partial charge in [0.1, 0.15) is 17.4 Å². The van der Waals surface area contributed by atoms with Crippen molar-refractivity contribution >= 4 is 17.2 Å². The lowest BCUT2D eigenvalue weighted by Crippen LogP contribution is -2.37. The summed E-state index contributed by atoms with van der Waals surface area (Å²) in [6, 6.07) is 6.20. The SMILES string of the molecule is COCCN(Cc1csc(COc2cc(C)cc(C)c2)n1)C(=O)C1CCCC1. The number of carbonyl (C=O) groups is 1. The van der Waals surface area contributed by atoms with Crippen LogP contribution in [0, 0.1) is 19.8 Å². The zero-order chi connectivity index (χ0) is 19.9. The number of amides is 1. The predicted molar refractivity (Wildman–Crippen MR) is 112 cm³/mol. The van der Waals surface area contributed by atoms with Crippen LogP contribution in [-0.2, 0) is 22.7 Å². The van der Waals surface area contributed by atoms with Crippen molar-refractivity contribution in [3.05, 3.63) is 45.4 Å². The molecule has 3 rings (SSSR count). The molecule has 0 bridgehead atoms. The molecule has 1 aromatic carbocycles. The number of ether oxygens (including phenoxy) is 2. The van der Waals surface area contributed by atoms with Gasteiger partial charge in [-0.15, -0.1) is 11.3 Å². The van der Waals surface area contributed by atoms with Crippen LogP contribution in [-0.4, -0.2) is 36.1 Å². The van der Waals surface area contributed by atoms with Crippen LogP contribution < -0.4 is 4.74 Å². The van der Waals surface area contributed by atoms with Gasteiger partial charge in [-0.3, -0.25) is 4.79 Å². The lowest BCUT2D eigenvalue weighted by molar-refractivity contribution is -0.136. The van der Waals surface area contributed by atoms with Crippen molar-refractivity contribution < 1.29 is 14.3 Å². The molecule has 6 heteroatoms. The van der Waals surface area contributed by atoms with E-state index in [0.29, 0.717) is 26.3 Å². The average molecular weight is 403 g/mol. The van der Waals surface area contributed by atoms with Crippen LogP contribution >= 0.6 is 11.3 Å². The van der Waals surface area contributed by atoms with Crippen LogP contribution in [0.5, 0.6) is 5.75 Å². The Kier molecular flexibility index (Phi) is 7.45. The van der Waals surface area contributed by atoms with Crippen molar-refractivity contribution in [2.45, 2.75) is 52.7 Å². The summed E-state index contributed by atoms with van der Waals surface area (Å²) in [4.78, 5) is 19.5. The molecule has 0 spiro atoms. The third-order valence-corrected chi connectivity index (χ3v) is 5.96. The van der Waals surface area contributed by atoms with E-state index < -0.39 is 0 Å². The number of carbonyl (C=O) groups excluding carboxylic acids is 1. The zero-order valence-corrected chi connectivity index (χ0v) is 17.9. The summed E-state index contributed by atoms with van der Waals surface area (Å²) in [6.45, 7) is 6.28. The molecule has 1 saturated carbocycles. The van der Waals surface area contributed by atoms with Crippen molar-refractivity contribution in [1.82, 2.24) is 9.88 Å². The van der Waals surface area contributed by atoms with Gasteiger partial charge in [-0.2, -0.15) is 0 Å². The molecule has 28 heavy (non-hydrogen) atoms. The van der Waals surface area contributed by atoms with Crippen molar-refractivity contribution in [2.75, 3.05) is 20.3 Å².